The topological polar surface area (TPSA) is 43.9 Å². The standard InChI is InChI=1S/C20H17N3O/c1-15-7-9-17(10-8-15)20-11-19(24-22-20)14-23-13-18(12-21-23)16-5-3-2-4-6-16/h2-13H,14H2,1H3. The van der Waals surface area contributed by atoms with Crippen LogP contribution >= 0.6 is 0 Å². The van der Waals surface area contributed by atoms with Gasteiger partial charge in [0.25, 0.3) is 0 Å². The van der Waals surface area contributed by atoms with Gasteiger partial charge in [0, 0.05) is 23.4 Å². The van der Waals surface area contributed by atoms with Gasteiger partial charge in [0.2, 0.25) is 0 Å². The lowest BCUT2D eigenvalue weighted by Gasteiger charge is -1.97. The zero-order chi connectivity index (χ0) is 16.4. The molecule has 4 nitrogen and oxygen atoms in total. The third kappa shape index (κ3) is 2.99. The summed E-state index contributed by atoms with van der Waals surface area (Å²) in [5.74, 6) is 0.785. The molecule has 0 radical (unpaired) electrons. The molecule has 0 spiro atoms. The lowest BCUT2D eigenvalue weighted by molar-refractivity contribution is 0.373. The van der Waals surface area contributed by atoms with Gasteiger partial charge in [-0.3, -0.25) is 4.68 Å². The van der Waals surface area contributed by atoms with Gasteiger partial charge in [-0.2, -0.15) is 5.10 Å². The van der Waals surface area contributed by atoms with Crippen molar-refractivity contribution in [2.45, 2.75) is 13.5 Å². The second-order valence-corrected chi connectivity index (χ2v) is 5.84. The van der Waals surface area contributed by atoms with E-state index < -0.39 is 0 Å². The molecule has 24 heavy (non-hydrogen) atoms. The molecule has 4 rings (SSSR count). The van der Waals surface area contributed by atoms with Crippen molar-refractivity contribution >= 4 is 0 Å². The van der Waals surface area contributed by atoms with Crippen LogP contribution < -0.4 is 0 Å². The number of nitrogens with zero attached hydrogens (tertiary/aromatic N) is 3. The first-order valence-electron chi connectivity index (χ1n) is 7.88. The number of rotatable bonds is 4. The van der Waals surface area contributed by atoms with Gasteiger partial charge in [0.05, 0.1) is 6.20 Å². The molecular weight excluding hydrogens is 298 g/mol. The Hall–Kier alpha value is -3.14. The normalized spacial score (nSPS) is 10.9. The molecule has 2 heterocycles. The zero-order valence-corrected chi connectivity index (χ0v) is 13.4. The Morgan fingerprint density at radius 2 is 1.71 bits per heavy atom. The van der Waals surface area contributed by atoms with Crippen molar-refractivity contribution < 1.29 is 4.52 Å². The lowest BCUT2D eigenvalue weighted by Crippen LogP contribution is -1.98. The summed E-state index contributed by atoms with van der Waals surface area (Å²) in [4.78, 5) is 0. The van der Waals surface area contributed by atoms with Crippen molar-refractivity contribution in [1.82, 2.24) is 14.9 Å². The van der Waals surface area contributed by atoms with Gasteiger partial charge in [-0.1, -0.05) is 65.3 Å². The molecule has 0 atom stereocenters. The maximum Gasteiger partial charge on any atom is 0.158 e. The highest BCUT2D eigenvalue weighted by molar-refractivity contribution is 5.61. The highest BCUT2D eigenvalue weighted by Crippen LogP contribution is 2.21. The van der Waals surface area contributed by atoms with Crippen LogP contribution in [0.3, 0.4) is 0 Å². The number of hydrogen-bond donors (Lipinski definition) is 0. The van der Waals surface area contributed by atoms with Crippen LogP contribution in [0.25, 0.3) is 22.4 Å². The largest absolute Gasteiger partial charge is 0.359 e. The quantitative estimate of drug-likeness (QED) is 0.554. The van der Waals surface area contributed by atoms with Crippen molar-refractivity contribution in [1.29, 1.82) is 0 Å². The van der Waals surface area contributed by atoms with Crippen LogP contribution in [-0.4, -0.2) is 14.9 Å². The summed E-state index contributed by atoms with van der Waals surface area (Å²) in [6, 6.07) is 20.4. The molecule has 0 amide bonds. The number of aryl methyl sites for hydroxylation is 1. The summed E-state index contributed by atoms with van der Waals surface area (Å²) in [7, 11) is 0. The summed E-state index contributed by atoms with van der Waals surface area (Å²) in [5, 5.41) is 8.57. The van der Waals surface area contributed by atoms with E-state index in [1.165, 1.54) is 5.56 Å². The van der Waals surface area contributed by atoms with Crippen LogP contribution in [0.15, 0.2) is 77.6 Å². The third-order valence-corrected chi connectivity index (χ3v) is 3.96. The monoisotopic (exact) mass is 315 g/mol. The summed E-state index contributed by atoms with van der Waals surface area (Å²) >= 11 is 0. The van der Waals surface area contributed by atoms with E-state index in [2.05, 4.69) is 53.6 Å². The Bertz CT molecular complexity index is 936. The van der Waals surface area contributed by atoms with Crippen molar-refractivity contribution in [3.05, 3.63) is 84.4 Å². The molecule has 0 aliphatic rings. The Kier molecular flexibility index (Phi) is 3.71. The fourth-order valence-corrected chi connectivity index (χ4v) is 2.64. The van der Waals surface area contributed by atoms with Gasteiger partial charge in [-0.05, 0) is 12.5 Å². The van der Waals surface area contributed by atoms with Crippen LogP contribution in [0.5, 0.6) is 0 Å². The fraction of sp³-hybridized carbons (Fsp3) is 0.100. The van der Waals surface area contributed by atoms with Gasteiger partial charge in [0.1, 0.15) is 12.2 Å². The predicted octanol–water partition coefficient (Wildman–Crippen LogP) is 4.56. The Labute approximate surface area is 140 Å². The van der Waals surface area contributed by atoms with Crippen LogP contribution in [0.1, 0.15) is 11.3 Å². The average Bonchev–Trinajstić information content (AvgIpc) is 3.27. The molecule has 0 N–H and O–H groups in total. The predicted molar refractivity (Wildman–Crippen MR) is 93.4 cm³/mol. The minimum absolute atomic E-state index is 0.561. The van der Waals surface area contributed by atoms with Crippen molar-refractivity contribution in [2.24, 2.45) is 0 Å². The summed E-state index contributed by atoms with van der Waals surface area (Å²) in [6.45, 7) is 2.63. The van der Waals surface area contributed by atoms with E-state index in [1.807, 2.05) is 41.3 Å². The van der Waals surface area contributed by atoms with E-state index in [1.54, 1.807) is 0 Å². The second-order valence-electron chi connectivity index (χ2n) is 5.84. The lowest BCUT2D eigenvalue weighted by atomic mass is 10.1. The van der Waals surface area contributed by atoms with E-state index >= 15 is 0 Å². The van der Waals surface area contributed by atoms with Gasteiger partial charge in [-0.15, -0.1) is 0 Å². The van der Waals surface area contributed by atoms with Crippen molar-refractivity contribution in [3.8, 4) is 22.4 Å². The van der Waals surface area contributed by atoms with Crippen LogP contribution in [0, 0.1) is 6.92 Å². The number of hydrogen-bond acceptors (Lipinski definition) is 3. The third-order valence-electron chi connectivity index (χ3n) is 3.96. The average molecular weight is 315 g/mol. The Morgan fingerprint density at radius 1 is 0.917 bits per heavy atom. The first-order chi connectivity index (χ1) is 11.8. The highest BCUT2D eigenvalue weighted by Gasteiger charge is 2.08. The van der Waals surface area contributed by atoms with Gasteiger partial charge < -0.3 is 4.52 Å². The number of benzene rings is 2. The molecule has 0 unspecified atom stereocenters. The molecule has 4 aromatic rings. The SMILES string of the molecule is Cc1ccc(-c2cc(Cn3cc(-c4ccccc4)cn3)on2)cc1. The number of aromatic nitrogens is 3. The fourth-order valence-electron chi connectivity index (χ4n) is 2.64. The van der Waals surface area contributed by atoms with Gasteiger partial charge in [0.15, 0.2) is 5.76 Å². The van der Waals surface area contributed by atoms with Gasteiger partial charge >= 0.3 is 0 Å². The van der Waals surface area contributed by atoms with E-state index in [0.29, 0.717) is 6.54 Å². The maximum atomic E-state index is 5.46. The highest BCUT2D eigenvalue weighted by atomic mass is 16.5. The van der Waals surface area contributed by atoms with E-state index in [-0.39, 0.29) is 0 Å². The molecule has 4 heteroatoms. The van der Waals surface area contributed by atoms with Crippen LogP contribution in [-0.2, 0) is 6.54 Å². The van der Waals surface area contributed by atoms with Crippen LogP contribution in [0.2, 0.25) is 0 Å². The molecule has 0 bridgehead atoms. The molecule has 0 saturated carbocycles. The maximum absolute atomic E-state index is 5.46. The smallest absolute Gasteiger partial charge is 0.158 e. The molecule has 118 valence electrons. The van der Waals surface area contributed by atoms with Crippen molar-refractivity contribution in [2.75, 3.05) is 0 Å². The van der Waals surface area contributed by atoms with E-state index in [0.717, 1.165) is 28.1 Å². The molecule has 0 fully saturated rings. The second kappa shape index (κ2) is 6.16. The molecule has 0 aliphatic carbocycles. The summed E-state index contributed by atoms with van der Waals surface area (Å²) in [6.07, 6.45) is 3.88. The summed E-state index contributed by atoms with van der Waals surface area (Å²) < 4.78 is 7.32. The van der Waals surface area contributed by atoms with E-state index in [9.17, 15) is 0 Å². The minimum atomic E-state index is 0.561. The molecular formula is C20H17N3O. The summed E-state index contributed by atoms with van der Waals surface area (Å²) in [5.41, 5.74) is 5.38. The molecule has 2 aromatic heterocycles. The molecule has 2 aromatic carbocycles. The van der Waals surface area contributed by atoms with Crippen molar-refractivity contribution in [3.63, 3.8) is 0 Å². The van der Waals surface area contributed by atoms with E-state index in [4.69, 9.17) is 4.52 Å². The Morgan fingerprint density at radius 3 is 2.50 bits per heavy atom. The van der Waals surface area contributed by atoms with Crippen LogP contribution in [0.4, 0.5) is 0 Å². The first-order valence-corrected chi connectivity index (χ1v) is 7.88. The molecule has 0 aliphatic heterocycles. The first kappa shape index (κ1) is 14.5. The Balaban J connectivity index is 1.52. The molecule has 0 saturated heterocycles. The zero-order valence-electron chi connectivity index (χ0n) is 13.4. The minimum Gasteiger partial charge on any atom is -0.359 e. The van der Waals surface area contributed by atoms with Gasteiger partial charge in [-0.25, -0.2) is 0 Å².